The molecule has 7 nitrogen and oxygen atoms in total. The second kappa shape index (κ2) is 8.39. The van der Waals surface area contributed by atoms with Crippen molar-refractivity contribution >= 4 is 34.4 Å². The molecule has 2 aliphatic rings. The molecule has 3 heterocycles. The van der Waals surface area contributed by atoms with Gasteiger partial charge in [-0.2, -0.15) is 0 Å². The molecule has 0 unspecified atom stereocenters. The van der Waals surface area contributed by atoms with Crippen LogP contribution < -0.4 is 19.5 Å². The summed E-state index contributed by atoms with van der Waals surface area (Å²) in [6, 6.07) is 16.6. The summed E-state index contributed by atoms with van der Waals surface area (Å²) >= 11 is 1.42. The maximum Gasteiger partial charge on any atom is 0.278 e. The summed E-state index contributed by atoms with van der Waals surface area (Å²) in [7, 11) is 1.61. The molecule has 0 fully saturated rings. The molecule has 162 valence electrons. The van der Waals surface area contributed by atoms with E-state index in [-0.39, 0.29) is 30.8 Å². The van der Waals surface area contributed by atoms with Gasteiger partial charge >= 0.3 is 0 Å². The van der Waals surface area contributed by atoms with Gasteiger partial charge in [0.2, 0.25) is 6.79 Å². The molecule has 0 radical (unpaired) electrons. The number of carbonyl (C=O) groups is 2. The van der Waals surface area contributed by atoms with Crippen molar-refractivity contribution in [1.82, 2.24) is 4.90 Å². The number of nitrogens with zero attached hydrogens (tertiary/aromatic N) is 1. The Hall–Kier alpha value is -3.78. The molecule has 1 N–H and O–H groups in total. The number of methoxy groups -OCH3 is 1. The van der Waals surface area contributed by atoms with Crippen LogP contribution in [0.1, 0.15) is 10.4 Å². The minimum absolute atomic E-state index is 0.165. The van der Waals surface area contributed by atoms with Gasteiger partial charge in [-0.3, -0.25) is 14.5 Å². The summed E-state index contributed by atoms with van der Waals surface area (Å²) < 4.78 is 16.0. The Morgan fingerprint density at radius 2 is 1.84 bits per heavy atom. The first kappa shape index (κ1) is 20.1. The molecular formula is C24H20N2O5S. The second-order valence-corrected chi connectivity index (χ2v) is 8.23. The zero-order valence-corrected chi connectivity index (χ0v) is 18.1. The minimum Gasteiger partial charge on any atom is -0.497 e. The van der Waals surface area contributed by atoms with Crippen molar-refractivity contribution in [3.05, 3.63) is 76.1 Å². The molecule has 3 aromatic rings. The molecule has 8 heteroatoms. The van der Waals surface area contributed by atoms with Gasteiger partial charge in [0.25, 0.3) is 11.8 Å². The first-order valence-electron chi connectivity index (χ1n) is 10.1. The van der Waals surface area contributed by atoms with Crippen LogP contribution in [-0.4, -0.2) is 37.2 Å². The number of amides is 2. The first-order chi connectivity index (χ1) is 15.6. The standard InChI is InChI=1S/C24H20N2O5S/c1-29-17-7-4-15(5-8-17)10-11-26-23(27)21(20-3-2-12-32-20)22(24(26)28)25-16-6-9-18-19(13-16)31-14-30-18/h2-9,12-13,25H,10-11,14H2,1H3. The summed E-state index contributed by atoms with van der Waals surface area (Å²) in [6.07, 6.45) is 0.552. The topological polar surface area (TPSA) is 77.1 Å². The van der Waals surface area contributed by atoms with Crippen LogP contribution in [-0.2, 0) is 16.0 Å². The van der Waals surface area contributed by atoms with Gasteiger partial charge in [-0.05, 0) is 47.7 Å². The predicted octanol–water partition coefficient (Wildman–Crippen LogP) is 3.92. The molecule has 32 heavy (non-hydrogen) atoms. The van der Waals surface area contributed by atoms with Gasteiger partial charge in [0.1, 0.15) is 11.4 Å². The normalized spacial score (nSPS) is 15.0. The number of ether oxygens (including phenoxy) is 3. The van der Waals surface area contributed by atoms with Crippen molar-refractivity contribution in [3.8, 4) is 17.2 Å². The number of fused-ring (bicyclic) bond motifs is 1. The third-order valence-electron chi connectivity index (χ3n) is 5.36. The van der Waals surface area contributed by atoms with Crippen LogP contribution in [0.4, 0.5) is 5.69 Å². The maximum absolute atomic E-state index is 13.3. The summed E-state index contributed by atoms with van der Waals surface area (Å²) in [5.74, 6) is 1.37. The quantitative estimate of drug-likeness (QED) is 0.552. The Kier molecular flexibility index (Phi) is 5.28. The van der Waals surface area contributed by atoms with E-state index in [0.717, 1.165) is 16.2 Å². The van der Waals surface area contributed by atoms with Crippen LogP contribution >= 0.6 is 11.3 Å². The van der Waals surface area contributed by atoms with Crippen LogP contribution in [0.25, 0.3) is 5.57 Å². The van der Waals surface area contributed by atoms with Gasteiger partial charge in [0, 0.05) is 23.2 Å². The highest BCUT2D eigenvalue weighted by molar-refractivity contribution is 7.11. The molecule has 0 spiro atoms. The summed E-state index contributed by atoms with van der Waals surface area (Å²) in [6.45, 7) is 0.448. The number of benzene rings is 2. The van der Waals surface area contributed by atoms with Crippen LogP contribution in [0.2, 0.25) is 0 Å². The van der Waals surface area contributed by atoms with Crippen LogP contribution in [0, 0.1) is 0 Å². The molecule has 0 atom stereocenters. The van der Waals surface area contributed by atoms with Gasteiger partial charge in [-0.15, -0.1) is 11.3 Å². The van der Waals surface area contributed by atoms with Crippen molar-refractivity contribution in [3.63, 3.8) is 0 Å². The van der Waals surface area contributed by atoms with E-state index in [9.17, 15) is 9.59 Å². The fourth-order valence-corrected chi connectivity index (χ4v) is 4.46. The summed E-state index contributed by atoms with van der Waals surface area (Å²) in [4.78, 5) is 28.6. The first-order valence-corrected chi connectivity index (χ1v) is 11.0. The van der Waals surface area contributed by atoms with Crippen molar-refractivity contribution in [2.45, 2.75) is 6.42 Å². The Bertz CT molecular complexity index is 1200. The average molecular weight is 449 g/mol. The van der Waals surface area contributed by atoms with E-state index in [1.165, 1.54) is 16.2 Å². The molecule has 0 aliphatic carbocycles. The number of hydrogen-bond donors (Lipinski definition) is 1. The van der Waals surface area contributed by atoms with Gasteiger partial charge in [0.05, 0.1) is 12.7 Å². The van der Waals surface area contributed by atoms with Gasteiger partial charge in [-0.1, -0.05) is 18.2 Å². The third-order valence-corrected chi connectivity index (χ3v) is 6.25. The van der Waals surface area contributed by atoms with Gasteiger partial charge in [-0.25, -0.2) is 0 Å². The lowest BCUT2D eigenvalue weighted by Gasteiger charge is -2.15. The van der Waals surface area contributed by atoms with Crippen LogP contribution in [0.15, 0.2) is 65.7 Å². The lowest BCUT2D eigenvalue weighted by molar-refractivity contribution is -0.136. The van der Waals surface area contributed by atoms with Crippen LogP contribution in [0.3, 0.4) is 0 Å². The van der Waals surface area contributed by atoms with E-state index in [1.54, 1.807) is 25.3 Å². The molecular weight excluding hydrogens is 428 g/mol. The van der Waals surface area contributed by atoms with Gasteiger partial charge < -0.3 is 19.5 Å². The molecule has 0 saturated heterocycles. The lowest BCUT2D eigenvalue weighted by atomic mass is 10.1. The highest BCUT2D eigenvalue weighted by atomic mass is 32.1. The maximum atomic E-state index is 13.3. The third kappa shape index (κ3) is 3.69. The molecule has 0 bridgehead atoms. The lowest BCUT2D eigenvalue weighted by Crippen LogP contribution is -2.34. The summed E-state index contributed by atoms with van der Waals surface area (Å²) in [5.41, 5.74) is 2.32. The summed E-state index contributed by atoms with van der Waals surface area (Å²) in [5, 5.41) is 5.04. The van der Waals surface area contributed by atoms with E-state index in [1.807, 2.05) is 41.8 Å². The molecule has 5 rings (SSSR count). The van der Waals surface area contributed by atoms with Gasteiger partial charge in [0.15, 0.2) is 11.5 Å². The predicted molar refractivity (Wildman–Crippen MR) is 121 cm³/mol. The van der Waals surface area contributed by atoms with Crippen molar-refractivity contribution in [1.29, 1.82) is 0 Å². The molecule has 1 aromatic heterocycles. The highest BCUT2D eigenvalue weighted by Crippen LogP contribution is 2.37. The monoisotopic (exact) mass is 448 g/mol. The van der Waals surface area contributed by atoms with Crippen molar-refractivity contribution in [2.75, 3.05) is 25.8 Å². The van der Waals surface area contributed by atoms with E-state index in [2.05, 4.69) is 5.32 Å². The minimum atomic E-state index is -0.343. The fraction of sp³-hybridized carbons (Fsp3) is 0.167. The number of rotatable bonds is 7. The van der Waals surface area contributed by atoms with Crippen molar-refractivity contribution in [2.24, 2.45) is 0 Å². The van der Waals surface area contributed by atoms with E-state index in [4.69, 9.17) is 14.2 Å². The van der Waals surface area contributed by atoms with E-state index in [0.29, 0.717) is 29.2 Å². The van der Waals surface area contributed by atoms with E-state index < -0.39 is 0 Å². The zero-order chi connectivity index (χ0) is 22.1. The largest absolute Gasteiger partial charge is 0.497 e. The Balaban J connectivity index is 1.40. The Morgan fingerprint density at radius 1 is 1.03 bits per heavy atom. The number of imide groups is 1. The van der Waals surface area contributed by atoms with Crippen LogP contribution in [0.5, 0.6) is 17.2 Å². The molecule has 2 aromatic carbocycles. The molecule has 2 amide bonds. The average Bonchev–Trinajstić information content (AvgIpc) is 3.54. The smallest absolute Gasteiger partial charge is 0.278 e. The number of hydrogen-bond acceptors (Lipinski definition) is 7. The Morgan fingerprint density at radius 3 is 2.59 bits per heavy atom. The number of carbonyl (C=O) groups excluding carboxylic acids is 2. The zero-order valence-electron chi connectivity index (χ0n) is 17.3. The number of nitrogens with one attached hydrogen (secondary N) is 1. The highest BCUT2D eigenvalue weighted by Gasteiger charge is 2.39. The van der Waals surface area contributed by atoms with E-state index >= 15 is 0 Å². The Labute approximate surface area is 188 Å². The molecule has 2 aliphatic heterocycles. The number of thiophene rings is 1. The number of anilines is 1. The molecule has 0 saturated carbocycles. The van der Waals surface area contributed by atoms with Crippen molar-refractivity contribution < 1.29 is 23.8 Å². The second-order valence-electron chi connectivity index (χ2n) is 7.28. The SMILES string of the molecule is COc1ccc(CCN2C(=O)C(Nc3ccc4c(c3)OCO4)=C(c3cccs3)C2=O)cc1. The fourth-order valence-electron chi connectivity index (χ4n) is 3.70.